The lowest BCUT2D eigenvalue weighted by Crippen LogP contribution is -2.71. The summed E-state index contributed by atoms with van der Waals surface area (Å²) in [6.07, 6.45) is -111. The molecule has 11 fully saturated rings. The number of hydrogen-bond donors (Lipinski definition) is 35. The summed E-state index contributed by atoms with van der Waals surface area (Å²) < 4.78 is 125. The molecule has 11 heterocycles. The van der Waals surface area contributed by atoms with Crippen LogP contribution in [0.1, 0.15) is 48.0 Å². The number of amides is 4. The Labute approximate surface area is 780 Å². The first-order valence-corrected chi connectivity index (χ1v) is 44.0. The van der Waals surface area contributed by atoms with Crippen LogP contribution < -0.4 is 21.3 Å². The fourth-order valence-corrected chi connectivity index (χ4v) is 17.8. The number of ether oxygens (including phenoxy) is 21. The molecule has 56 atom stereocenters. The van der Waals surface area contributed by atoms with Crippen molar-refractivity contribution in [3.8, 4) is 0 Å². The molecule has 0 aromatic carbocycles. The fourth-order valence-electron chi connectivity index (χ4n) is 17.8. The van der Waals surface area contributed by atoms with Gasteiger partial charge in [-0.1, -0.05) is 0 Å². The normalized spacial score (nSPS) is 49.1. The lowest BCUT2D eigenvalue weighted by Gasteiger charge is -2.51. The molecule has 0 bridgehead atoms. The fraction of sp³-hybridized carbons (Fsp3) is 0.935. The van der Waals surface area contributed by atoms with Gasteiger partial charge in [-0.2, -0.15) is 0 Å². The number of aliphatic hydroxyl groups is 30. The maximum atomic E-state index is 13.4. The summed E-state index contributed by atoms with van der Waals surface area (Å²) in [5.41, 5.74) is 0. The van der Waals surface area contributed by atoms with Gasteiger partial charge in [0.05, 0.1) is 77.8 Å². The van der Waals surface area contributed by atoms with Gasteiger partial charge >= 0.3 is 5.97 Å². The van der Waals surface area contributed by atoms with Crippen molar-refractivity contribution in [2.24, 2.45) is 0 Å². The lowest BCUT2D eigenvalue weighted by molar-refractivity contribution is -0.399. The van der Waals surface area contributed by atoms with Gasteiger partial charge in [0.25, 0.3) is 5.79 Å². The van der Waals surface area contributed by atoms with Gasteiger partial charge in [-0.3, -0.25) is 19.2 Å². The first-order chi connectivity index (χ1) is 65.0. The molecule has 0 aromatic heterocycles. The summed E-state index contributed by atoms with van der Waals surface area (Å²) in [5, 5.41) is 357. The van der Waals surface area contributed by atoms with Crippen molar-refractivity contribution in [3.05, 3.63) is 0 Å². The molecule has 0 aliphatic carbocycles. The third-order valence-electron chi connectivity index (χ3n) is 25.5. The van der Waals surface area contributed by atoms with Crippen LogP contribution in [0, 0.1) is 0 Å². The second kappa shape index (κ2) is 48.8. The molecule has 0 radical (unpaired) electrons. The van der Waals surface area contributed by atoms with E-state index in [-0.39, 0.29) is 0 Å². The molecule has 11 rings (SSSR count). The van der Waals surface area contributed by atoms with E-state index in [9.17, 15) is 182 Å². The van der Waals surface area contributed by atoms with Crippen LogP contribution in [-0.2, 0) is 123 Å². The average molecular weight is 2020 g/mol. The minimum atomic E-state index is -3.12. The van der Waals surface area contributed by atoms with Crippen LogP contribution in [-0.4, -0.2) is 590 Å². The van der Waals surface area contributed by atoms with Crippen LogP contribution >= 0.6 is 0 Å². The van der Waals surface area contributed by atoms with Crippen molar-refractivity contribution in [1.82, 2.24) is 21.3 Å². The summed E-state index contributed by atoms with van der Waals surface area (Å²) in [4.78, 5) is 65.1. The summed E-state index contributed by atoms with van der Waals surface area (Å²) in [7, 11) is 0. The highest BCUT2D eigenvalue weighted by molar-refractivity contribution is 5.76. The molecule has 11 saturated heterocycles. The molecule has 0 spiro atoms. The molecule has 798 valence electrons. The van der Waals surface area contributed by atoms with Crippen LogP contribution in [0.4, 0.5) is 0 Å². The predicted molar refractivity (Wildman–Crippen MR) is 423 cm³/mol. The number of rotatable bonds is 36. The first kappa shape index (κ1) is 114. The van der Waals surface area contributed by atoms with Crippen molar-refractivity contribution in [2.75, 3.05) is 59.5 Å². The van der Waals surface area contributed by atoms with E-state index >= 15 is 0 Å². The van der Waals surface area contributed by atoms with Crippen LogP contribution in [0.3, 0.4) is 0 Å². The number of aliphatic carboxylic acids is 1. The number of nitrogens with one attached hydrogen (secondary N) is 4. The zero-order valence-corrected chi connectivity index (χ0v) is 74.3. The van der Waals surface area contributed by atoms with Gasteiger partial charge in [0.15, 0.2) is 62.9 Å². The van der Waals surface area contributed by atoms with Crippen molar-refractivity contribution < 1.29 is 282 Å². The molecule has 61 heteroatoms. The van der Waals surface area contributed by atoms with Crippen molar-refractivity contribution in [3.63, 3.8) is 0 Å². The number of carbonyl (C=O) groups is 5. The Morgan fingerprint density at radius 3 is 1.14 bits per heavy atom. The number of hydrogen-bond acceptors (Lipinski definition) is 56. The number of carbonyl (C=O) groups excluding carboxylic acids is 4. The first-order valence-electron chi connectivity index (χ1n) is 44.0. The standard InChI is InChI=1S/C77H128N4O57/c1-17-37(94)49(106)54(111)70(121-17)118-15-32-60(46(103)33(66(115)123-32)78-19(3)88)131-67-34(79-20(4)89)47(104)59(29(13-87)127-67)133-73-57(114)62(45(102)30(129-73)14-119-74-64(52(109)41(98)25(9-83)125-74)136-69-36(81-22(6)91)61(44(101)27(11-85)124-69)134-71-55(112)50(107)38(95)18(2)122-71)135-75-65(53(110)42(99)26(10-84)126-75)137-68-35(80-21(5)90)48(105)58(28(12-86)128-68)132-72-56(113)51(108)43(100)31(130-72)16-120-77(76(116)117)7-23(92)39(96)63(138-77)40(97)24(93)8-82/h17-18,23-75,82-87,92-115H,7-16H2,1-6H3,(H,78,88)(H,79,89)(H,80,90)(H,81,91)(H,116,117)/t17-,18-,23-,24+,25+,26+,27+,28+,29+,30+,31+,32+,33+,34+,35-,36+,37+,38+,39+,40+,41+,42+,43-,44+,45+,46+,47+,48+,49+,50+,51-,52-,53-,54-,55-,56+,57-,58+,59+,60+,61+,62-,63+,64-,65-,66+,67-,68-,69-,70+,71-,72-,73-,74-,75+,77+/m0/s1. The molecule has 11 aliphatic heterocycles. The molecule has 0 unspecified atom stereocenters. The third-order valence-corrected chi connectivity index (χ3v) is 25.5. The maximum Gasteiger partial charge on any atom is 0.364 e. The van der Waals surface area contributed by atoms with E-state index in [1.165, 1.54) is 13.8 Å². The molecule has 61 nitrogen and oxygen atoms in total. The van der Waals surface area contributed by atoms with Crippen LogP contribution in [0.2, 0.25) is 0 Å². The zero-order chi connectivity index (χ0) is 102. The van der Waals surface area contributed by atoms with Crippen molar-refractivity contribution >= 4 is 29.6 Å². The topological polar surface area (TPSA) is 954 Å². The largest absolute Gasteiger partial charge is 0.477 e. The monoisotopic (exact) mass is 2020 g/mol. The zero-order valence-electron chi connectivity index (χ0n) is 74.3. The van der Waals surface area contributed by atoms with Crippen LogP contribution in [0.15, 0.2) is 0 Å². The Morgan fingerprint density at radius 2 is 0.652 bits per heavy atom. The second-order valence-corrected chi connectivity index (χ2v) is 35.2. The van der Waals surface area contributed by atoms with Crippen LogP contribution in [0.25, 0.3) is 0 Å². The minimum Gasteiger partial charge on any atom is -0.477 e. The summed E-state index contributed by atoms with van der Waals surface area (Å²) >= 11 is 0. The van der Waals surface area contributed by atoms with Crippen LogP contribution in [0.5, 0.6) is 0 Å². The average Bonchev–Trinajstić information content (AvgIpc) is 0.752. The predicted octanol–water partition coefficient (Wildman–Crippen LogP) is -23.1. The molecule has 0 aromatic rings. The van der Waals surface area contributed by atoms with E-state index in [2.05, 4.69) is 21.3 Å². The smallest absolute Gasteiger partial charge is 0.364 e. The highest BCUT2D eigenvalue weighted by Gasteiger charge is 2.64. The summed E-state index contributed by atoms with van der Waals surface area (Å²) in [5.74, 6) is -9.11. The lowest BCUT2D eigenvalue weighted by atomic mass is 9.90. The quantitative estimate of drug-likeness (QED) is 0.0277. The van der Waals surface area contributed by atoms with E-state index in [0.29, 0.717) is 0 Å². The van der Waals surface area contributed by atoms with E-state index in [0.717, 1.165) is 27.7 Å². The molecular formula is C77H128N4O57. The molecule has 138 heavy (non-hydrogen) atoms. The summed E-state index contributed by atoms with van der Waals surface area (Å²) in [6.45, 7) is -4.56. The highest BCUT2D eigenvalue weighted by Crippen LogP contribution is 2.43. The van der Waals surface area contributed by atoms with Gasteiger partial charge < -0.3 is 279 Å². The Kier molecular flexibility index (Phi) is 40.1. The maximum absolute atomic E-state index is 13.4. The molecule has 35 N–H and O–H groups in total. The van der Waals surface area contributed by atoms with Gasteiger partial charge in [0, 0.05) is 34.1 Å². The molecular weight excluding hydrogens is 1890 g/mol. The van der Waals surface area contributed by atoms with Gasteiger partial charge in [-0.05, 0) is 13.8 Å². The summed E-state index contributed by atoms with van der Waals surface area (Å²) in [6, 6.07) is -7.91. The Morgan fingerprint density at radius 1 is 0.312 bits per heavy atom. The van der Waals surface area contributed by atoms with E-state index < -0.39 is 439 Å². The third kappa shape index (κ3) is 24.9. The Hall–Kier alpha value is -4.69. The number of aliphatic hydroxyl groups excluding tert-OH is 30. The van der Waals surface area contributed by atoms with Gasteiger partial charge in [0.2, 0.25) is 23.6 Å². The van der Waals surface area contributed by atoms with E-state index in [4.69, 9.17) is 99.5 Å². The van der Waals surface area contributed by atoms with Crippen molar-refractivity contribution in [2.45, 2.75) is 391 Å². The van der Waals surface area contributed by atoms with Crippen molar-refractivity contribution in [1.29, 1.82) is 0 Å². The van der Waals surface area contributed by atoms with E-state index in [1.54, 1.807) is 0 Å². The van der Waals surface area contributed by atoms with Gasteiger partial charge in [-0.15, -0.1) is 0 Å². The SMILES string of the molecule is CC(=O)N[C@@H]1[C@H](O[C@@H]2[C@@H](O[C@@H]3[C@H](O)[C@H](O[C@H]4[C@H](O)[C@@H](NC(C)=O)[C@H](O[C@H]5[C@H](O)[C@@H](NC(C)=O)[C@H](O)O[C@@H]5CO[C@@H]5O[C@@H](C)[C@@H](O)[C@@H](O)[C@@H]5O)O[C@@H]4CO)O[C@H](CO[C@H]4O[C@H](CO)[C@@H](O)[C@H](O)[C@@H]4O[C@@H]4O[C@H](CO)[C@@H](O)[C@H](O[C@@H]5O[C@@H](C)[C@@H](O)[C@@H](O)[C@@H]5O)[C@H]4NC(C)=O)[C@H]3O)O[C@H](CO)[C@@H](O)[C@@H]2O)O[C@H](CO)[C@@H](O[C@@H]2O[C@H](CO[C@]3(C(=O)O)C[C@H](O)[C@@H](O)[C@H]([C@H](O)[C@H](O)CO)O3)[C@H](O)[C@H](O)[C@H]2O)[C@@H]1O. The highest BCUT2D eigenvalue weighted by atomic mass is 16.8. The minimum absolute atomic E-state index is 0.853. The Bertz CT molecular complexity index is 3860. The Balaban J connectivity index is 0.914. The molecule has 0 saturated carbocycles. The number of carboxylic acid groups (broad SMARTS) is 1. The molecule has 11 aliphatic rings. The van der Waals surface area contributed by atoms with Gasteiger partial charge in [-0.25, -0.2) is 4.79 Å². The molecule has 4 amide bonds. The van der Waals surface area contributed by atoms with Gasteiger partial charge in [0.1, 0.15) is 256 Å². The number of carboxylic acids is 1. The van der Waals surface area contributed by atoms with E-state index in [1.807, 2.05) is 0 Å². The second-order valence-electron chi connectivity index (χ2n) is 35.2.